The summed E-state index contributed by atoms with van der Waals surface area (Å²) in [6.07, 6.45) is 4.79. The molecule has 3 rings (SSSR count). The maximum atomic E-state index is 5.90. The van der Waals surface area contributed by atoms with Crippen molar-refractivity contribution in [3.05, 3.63) is 34.4 Å². The molecular formula is C14H18O. The highest BCUT2D eigenvalue weighted by atomic mass is 16.5. The molecule has 1 aliphatic heterocycles. The number of rotatable bonds is 1. The molecule has 1 aliphatic carbocycles. The lowest BCUT2D eigenvalue weighted by atomic mass is 9.84. The van der Waals surface area contributed by atoms with Crippen molar-refractivity contribution in [2.45, 2.75) is 45.1 Å². The van der Waals surface area contributed by atoms with Crippen LogP contribution < -0.4 is 0 Å². The predicted octanol–water partition coefficient (Wildman–Crippen LogP) is 3.12. The molecule has 0 bridgehead atoms. The Morgan fingerprint density at radius 1 is 1.33 bits per heavy atom. The smallest absolute Gasteiger partial charge is 0.0961 e. The average molecular weight is 202 g/mol. The molecular weight excluding hydrogens is 184 g/mol. The maximum Gasteiger partial charge on any atom is 0.0961 e. The van der Waals surface area contributed by atoms with E-state index in [0.717, 1.165) is 13.0 Å². The molecule has 1 spiro atoms. The van der Waals surface area contributed by atoms with Gasteiger partial charge in [0.05, 0.1) is 12.2 Å². The number of hydrogen-bond acceptors (Lipinski definition) is 1. The summed E-state index contributed by atoms with van der Waals surface area (Å²) in [4.78, 5) is 0. The van der Waals surface area contributed by atoms with E-state index in [1.807, 2.05) is 0 Å². The van der Waals surface area contributed by atoms with E-state index in [1.54, 1.807) is 11.1 Å². The molecule has 2 aliphatic rings. The summed E-state index contributed by atoms with van der Waals surface area (Å²) in [5.41, 5.74) is 6.22. The molecule has 1 atom stereocenters. The SMILES string of the molecule is CCc1ccc(C)c2c1C1(CCO1)CC2. The van der Waals surface area contributed by atoms with Gasteiger partial charge < -0.3 is 4.74 Å². The van der Waals surface area contributed by atoms with Gasteiger partial charge in [0.25, 0.3) is 0 Å². The van der Waals surface area contributed by atoms with Crippen molar-refractivity contribution in [2.24, 2.45) is 0 Å². The third kappa shape index (κ3) is 1.13. The predicted molar refractivity (Wildman–Crippen MR) is 61.1 cm³/mol. The van der Waals surface area contributed by atoms with Crippen molar-refractivity contribution in [2.75, 3.05) is 6.61 Å². The first kappa shape index (κ1) is 9.41. The average Bonchev–Trinajstić information content (AvgIpc) is 2.59. The van der Waals surface area contributed by atoms with Crippen LogP contribution in [0, 0.1) is 6.92 Å². The first-order valence-electron chi connectivity index (χ1n) is 6.02. The van der Waals surface area contributed by atoms with Gasteiger partial charge in [-0.15, -0.1) is 0 Å². The molecule has 80 valence electrons. The van der Waals surface area contributed by atoms with Gasteiger partial charge in [-0.05, 0) is 48.4 Å². The molecule has 1 fully saturated rings. The second-order valence-electron chi connectivity index (χ2n) is 4.84. The fourth-order valence-electron chi connectivity index (χ4n) is 3.18. The van der Waals surface area contributed by atoms with Crippen molar-refractivity contribution in [3.8, 4) is 0 Å². The van der Waals surface area contributed by atoms with E-state index < -0.39 is 0 Å². The third-order valence-corrected chi connectivity index (χ3v) is 4.13. The van der Waals surface area contributed by atoms with Crippen LogP contribution in [0.25, 0.3) is 0 Å². The number of ether oxygens (including phenoxy) is 1. The maximum absolute atomic E-state index is 5.90. The largest absolute Gasteiger partial charge is 0.370 e. The first-order valence-corrected chi connectivity index (χ1v) is 6.02. The van der Waals surface area contributed by atoms with Gasteiger partial charge in [-0.3, -0.25) is 0 Å². The van der Waals surface area contributed by atoms with Crippen molar-refractivity contribution in [3.63, 3.8) is 0 Å². The highest BCUT2D eigenvalue weighted by Crippen LogP contribution is 2.50. The van der Waals surface area contributed by atoms with Gasteiger partial charge in [0.15, 0.2) is 0 Å². The van der Waals surface area contributed by atoms with E-state index in [2.05, 4.69) is 26.0 Å². The molecule has 0 N–H and O–H groups in total. The topological polar surface area (TPSA) is 9.23 Å². The summed E-state index contributed by atoms with van der Waals surface area (Å²) in [7, 11) is 0. The van der Waals surface area contributed by atoms with Crippen molar-refractivity contribution >= 4 is 0 Å². The molecule has 1 unspecified atom stereocenters. The molecule has 1 aromatic carbocycles. The van der Waals surface area contributed by atoms with E-state index in [0.29, 0.717) is 0 Å². The van der Waals surface area contributed by atoms with Crippen LogP contribution in [0.15, 0.2) is 12.1 Å². The van der Waals surface area contributed by atoms with Crippen LogP contribution >= 0.6 is 0 Å². The molecule has 1 nitrogen and oxygen atoms in total. The minimum Gasteiger partial charge on any atom is -0.370 e. The van der Waals surface area contributed by atoms with Crippen molar-refractivity contribution in [1.82, 2.24) is 0 Å². The lowest BCUT2D eigenvalue weighted by Gasteiger charge is -2.40. The van der Waals surface area contributed by atoms with Gasteiger partial charge in [0.2, 0.25) is 0 Å². The molecule has 1 heterocycles. The Morgan fingerprint density at radius 2 is 2.13 bits per heavy atom. The van der Waals surface area contributed by atoms with Gasteiger partial charge in [-0.2, -0.15) is 0 Å². The molecule has 0 amide bonds. The second kappa shape index (κ2) is 3.08. The van der Waals surface area contributed by atoms with Crippen LogP contribution in [0.5, 0.6) is 0 Å². The standard InChI is InChI=1S/C14H18O/c1-3-11-5-4-10(2)12-6-7-14(13(11)12)8-9-15-14/h4-5H,3,6-9H2,1-2H3. The highest BCUT2D eigenvalue weighted by molar-refractivity contribution is 5.48. The van der Waals surface area contributed by atoms with Gasteiger partial charge in [-0.25, -0.2) is 0 Å². The monoisotopic (exact) mass is 202 g/mol. The van der Waals surface area contributed by atoms with E-state index in [9.17, 15) is 0 Å². The summed E-state index contributed by atoms with van der Waals surface area (Å²) < 4.78 is 5.90. The van der Waals surface area contributed by atoms with Crippen LogP contribution in [0.2, 0.25) is 0 Å². The fraction of sp³-hybridized carbons (Fsp3) is 0.571. The Bertz CT molecular complexity index is 402. The lowest BCUT2D eigenvalue weighted by Crippen LogP contribution is -2.39. The van der Waals surface area contributed by atoms with Gasteiger partial charge in [-0.1, -0.05) is 19.1 Å². The lowest BCUT2D eigenvalue weighted by molar-refractivity contribution is -0.152. The quantitative estimate of drug-likeness (QED) is 0.680. The highest BCUT2D eigenvalue weighted by Gasteiger charge is 2.46. The molecule has 0 aromatic heterocycles. The second-order valence-corrected chi connectivity index (χ2v) is 4.84. The zero-order valence-corrected chi connectivity index (χ0v) is 9.60. The number of aryl methyl sites for hydroxylation is 2. The van der Waals surface area contributed by atoms with Crippen LogP contribution in [-0.2, 0) is 23.2 Å². The van der Waals surface area contributed by atoms with Crippen molar-refractivity contribution in [1.29, 1.82) is 0 Å². The van der Waals surface area contributed by atoms with Crippen molar-refractivity contribution < 1.29 is 4.74 Å². The zero-order chi connectivity index (χ0) is 10.5. The molecule has 1 saturated heterocycles. The number of benzene rings is 1. The van der Waals surface area contributed by atoms with Crippen LogP contribution in [0.3, 0.4) is 0 Å². The Morgan fingerprint density at radius 3 is 2.73 bits per heavy atom. The van der Waals surface area contributed by atoms with Gasteiger partial charge in [0, 0.05) is 6.42 Å². The Hall–Kier alpha value is -0.820. The minimum atomic E-state index is 0.132. The number of hydrogen-bond donors (Lipinski definition) is 0. The minimum absolute atomic E-state index is 0.132. The zero-order valence-electron chi connectivity index (χ0n) is 9.60. The van der Waals surface area contributed by atoms with Crippen LogP contribution in [0.1, 0.15) is 42.0 Å². The van der Waals surface area contributed by atoms with Gasteiger partial charge in [0.1, 0.15) is 0 Å². The molecule has 15 heavy (non-hydrogen) atoms. The summed E-state index contributed by atoms with van der Waals surface area (Å²) in [6.45, 7) is 5.43. The Balaban J connectivity index is 2.20. The third-order valence-electron chi connectivity index (χ3n) is 4.13. The van der Waals surface area contributed by atoms with Gasteiger partial charge >= 0.3 is 0 Å². The Kier molecular flexibility index (Phi) is 1.93. The summed E-state index contributed by atoms with van der Waals surface area (Å²) in [6, 6.07) is 4.57. The molecule has 1 aromatic rings. The molecule has 0 radical (unpaired) electrons. The summed E-state index contributed by atoms with van der Waals surface area (Å²) >= 11 is 0. The van der Waals surface area contributed by atoms with E-state index in [4.69, 9.17) is 4.74 Å². The van der Waals surface area contributed by atoms with E-state index in [1.165, 1.54) is 30.4 Å². The van der Waals surface area contributed by atoms with Crippen LogP contribution in [-0.4, -0.2) is 6.61 Å². The van der Waals surface area contributed by atoms with E-state index >= 15 is 0 Å². The first-order chi connectivity index (χ1) is 7.27. The Labute approximate surface area is 91.5 Å². The molecule has 1 heteroatoms. The normalized spacial score (nSPS) is 27.9. The van der Waals surface area contributed by atoms with E-state index in [-0.39, 0.29) is 5.60 Å². The summed E-state index contributed by atoms with van der Waals surface area (Å²) in [5.74, 6) is 0. The van der Waals surface area contributed by atoms with Crippen LogP contribution in [0.4, 0.5) is 0 Å². The summed E-state index contributed by atoms with van der Waals surface area (Å²) in [5, 5.41) is 0. The fourth-order valence-corrected chi connectivity index (χ4v) is 3.18. The number of fused-ring (bicyclic) bond motifs is 2. The molecule has 0 saturated carbocycles.